The molecule has 0 bridgehead atoms. The SMILES string of the molecule is Cc1ccc(C(N)CSCC(=O)OC(C)(C)C)cc1C. The molecule has 0 radical (unpaired) electrons. The Morgan fingerprint density at radius 2 is 1.95 bits per heavy atom. The molecule has 1 atom stereocenters. The zero-order valence-electron chi connectivity index (χ0n) is 13.0. The van der Waals surface area contributed by atoms with Crippen LogP contribution in [0.2, 0.25) is 0 Å². The highest BCUT2D eigenvalue weighted by atomic mass is 32.2. The highest BCUT2D eigenvalue weighted by Crippen LogP contribution is 2.19. The molecule has 0 heterocycles. The molecular formula is C16H25NO2S. The van der Waals surface area contributed by atoms with Crippen LogP contribution in [-0.2, 0) is 9.53 Å². The van der Waals surface area contributed by atoms with Gasteiger partial charge in [0.25, 0.3) is 0 Å². The van der Waals surface area contributed by atoms with E-state index in [9.17, 15) is 4.79 Å². The Bertz CT molecular complexity index is 466. The Morgan fingerprint density at radius 1 is 1.30 bits per heavy atom. The van der Waals surface area contributed by atoms with Gasteiger partial charge in [-0.15, -0.1) is 11.8 Å². The number of rotatable bonds is 5. The van der Waals surface area contributed by atoms with Gasteiger partial charge in [-0.05, 0) is 51.3 Å². The van der Waals surface area contributed by atoms with Gasteiger partial charge in [0.1, 0.15) is 5.60 Å². The Kier molecular flexibility index (Phi) is 6.08. The van der Waals surface area contributed by atoms with Crippen LogP contribution in [-0.4, -0.2) is 23.1 Å². The molecule has 0 amide bonds. The first kappa shape index (κ1) is 17.1. The molecule has 3 nitrogen and oxygen atoms in total. The van der Waals surface area contributed by atoms with E-state index in [0.717, 1.165) is 5.56 Å². The number of ether oxygens (including phenoxy) is 1. The van der Waals surface area contributed by atoms with Crippen LogP contribution >= 0.6 is 11.8 Å². The first-order valence-corrected chi connectivity index (χ1v) is 7.97. The minimum absolute atomic E-state index is 0.0539. The topological polar surface area (TPSA) is 52.3 Å². The third-order valence-electron chi connectivity index (χ3n) is 2.90. The van der Waals surface area contributed by atoms with Crippen molar-refractivity contribution in [1.29, 1.82) is 0 Å². The molecule has 1 rings (SSSR count). The lowest BCUT2D eigenvalue weighted by molar-refractivity contribution is -0.151. The highest BCUT2D eigenvalue weighted by molar-refractivity contribution is 7.99. The molecular weight excluding hydrogens is 270 g/mol. The smallest absolute Gasteiger partial charge is 0.316 e. The minimum Gasteiger partial charge on any atom is -0.459 e. The fourth-order valence-corrected chi connectivity index (χ4v) is 2.52. The van der Waals surface area contributed by atoms with Gasteiger partial charge in [-0.25, -0.2) is 0 Å². The van der Waals surface area contributed by atoms with E-state index in [0.29, 0.717) is 11.5 Å². The van der Waals surface area contributed by atoms with Gasteiger partial charge in [0.05, 0.1) is 5.75 Å². The molecule has 0 aliphatic carbocycles. The first-order chi connectivity index (χ1) is 9.19. The molecule has 1 aromatic rings. The zero-order chi connectivity index (χ0) is 15.3. The summed E-state index contributed by atoms with van der Waals surface area (Å²) in [6.07, 6.45) is 0. The number of esters is 1. The molecule has 0 aromatic heterocycles. The number of thioether (sulfide) groups is 1. The van der Waals surface area contributed by atoms with Gasteiger partial charge in [-0.1, -0.05) is 18.2 Å². The Labute approximate surface area is 126 Å². The average molecular weight is 295 g/mol. The molecule has 0 saturated carbocycles. The Balaban J connectivity index is 2.42. The fourth-order valence-electron chi connectivity index (χ4n) is 1.73. The summed E-state index contributed by atoms with van der Waals surface area (Å²) >= 11 is 1.52. The Morgan fingerprint density at radius 3 is 2.50 bits per heavy atom. The lowest BCUT2D eigenvalue weighted by Crippen LogP contribution is -2.25. The van der Waals surface area contributed by atoms with Gasteiger partial charge >= 0.3 is 5.97 Å². The van der Waals surface area contributed by atoms with E-state index in [1.807, 2.05) is 20.8 Å². The van der Waals surface area contributed by atoms with Gasteiger partial charge < -0.3 is 10.5 Å². The molecule has 0 aliphatic heterocycles. The summed E-state index contributed by atoms with van der Waals surface area (Å²) in [4.78, 5) is 11.6. The van der Waals surface area contributed by atoms with Crippen molar-refractivity contribution in [2.45, 2.75) is 46.3 Å². The van der Waals surface area contributed by atoms with E-state index in [1.165, 1.54) is 22.9 Å². The summed E-state index contributed by atoms with van der Waals surface area (Å²) in [7, 11) is 0. The van der Waals surface area contributed by atoms with Crippen molar-refractivity contribution in [3.8, 4) is 0 Å². The number of hydrogen-bond donors (Lipinski definition) is 1. The monoisotopic (exact) mass is 295 g/mol. The van der Waals surface area contributed by atoms with E-state index in [2.05, 4.69) is 32.0 Å². The lowest BCUT2D eigenvalue weighted by Gasteiger charge is -2.19. The largest absolute Gasteiger partial charge is 0.459 e. The third kappa shape index (κ3) is 5.97. The zero-order valence-corrected chi connectivity index (χ0v) is 13.8. The van der Waals surface area contributed by atoms with Crippen LogP contribution in [0.1, 0.15) is 43.5 Å². The third-order valence-corrected chi connectivity index (χ3v) is 3.93. The van der Waals surface area contributed by atoms with Gasteiger partial charge in [0.15, 0.2) is 0 Å². The van der Waals surface area contributed by atoms with Gasteiger partial charge in [0, 0.05) is 11.8 Å². The molecule has 0 saturated heterocycles. The van der Waals surface area contributed by atoms with Crippen LogP contribution < -0.4 is 5.73 Å². The van der Waals surface area contributed by atoms with Crippen LogP contribution in [0.5, 0.6) is 0 Å². The second kappa shape index (κ2) is 7.14. The van der Waals surface area contributed by atoms with Crippen molar-refractivity contribution in [2.75, 3.05) is 11.5 Å². The van der Waals surface area contributed by atoms with Crippen molar-refractivity contribution < 1.29 is 9.53 Å². The fraction of sp³-hybridized carbons (Fsp3) is 0.562. The summed E-state index contributed by atoms with van der Waals surface area (Å²) in [5.74, 6) is 0.868. The molecule has 0 spiro atoms. The molecule has 2 N–H and O–H groups in total. The van der Waals surface area contributed by atoms with Crippen LogP contribution in [0.4, 0.5) is 0 Å². The normalized spacial score (nSPS) is 13.1. The van der Waals surface area contributed by atoms with E-state index >= 15 is 0 Å². The summed E-state index contributed by atoms with van der Waals surface area (Å²) in [6, 6.07) is 6.21. The number of hydrogen-bond acceptors (Lipinski definition) is 4. The van der Waals surface area contributed by atoms with Crippen LogP contribution in [0.15, 0.2) is 18.2 Å². The second-order valence-corrected chi connectivity index (χ2v) is 7.08. The van der Waals surface area contributed by atoms with Crippen molar-refractivity contribution >= 4 is 17.7 Å². The maximum absolute atomic E-state index is 11.6. The standard InChI is InChI=1S/C16H25NO2S/c1-11-6-7-13(8-12(11)2)14(17)9-20-10-15(18)19-16(3,4)5/h6-8,14H,9-10,17H2,1-5H3. The summed E-state index contributed by atoms with van der Waals surface area (Å²) in [5, 5.41) is 0. The maximum atomic E-state index is 11.6. The van der Waals surface area contributed by atoms with E-state index in [-0.39, 0.29) is 12.0 Å². The van der Waals surface area contributed by atoms with Gasteiger partial charge in [0.2, 0.25) is 0 Å². The van der Waals surface area contributed by atoms with E-state index < -0.39 is 5.60 Å². The quantitative estimate of drug-likeness (QED) is 0.846. The summed E-state index contributed by atoms with van der Waals surface area (Å²) in [6.45, 7) is 9.78. The van der Waals surface area contributed by atoms with Crippen LogP contribution in [0, 0.1) is 13.8 Å². The molecule has 20 heavy (non-hydrogen) atoms. The average Bonchev–Trinajstić information content (AvgIpc) is 2.30. The lowest BCUT2D eigenvalue weighted by atomic mass is 10.0. The predicted octanol–water partition coefficient (Wildman–Crippen LogP) is 3.38. The number of benzene rings is 1. The van der Waals surface area contributed by atoms with Crippen molar-refractivity contribution in [3.05, 3.63) is 34.9 Å². The molecule has 1 unspecified atom stereocenters. The summed E-state index contributed by atoms with van der Waals surface area (Å²) in [5.41, 5.74) is 9.36. The van der Waals surface area contributed by atoms with Crippen molar-refractivity contribution in [2.24, 2.45) is 5.73 Å². The summed E-state index contributed by atoms with van der Waals surface area (Å²) < 4.78 is 5.26. The number of nitrogens with two attached hydrogens (primary N) is 1. The number of carbonyl (C=O) groups excluding carboxylic acids is 1. The first-order valence-electron chi connectivity index (χ1n) is 6.81. The van der Waals surface area contributed by atoms with Crippen LogP contribution in [0.25, 0.3) is 0 Å². The van der Waals surface area contributed by atoms with Crippen molar-refractivity contribution in [1.82, 2.24) is 0 Å². The van der Waals surface area contributed by atoms with Crippen LogP contribution in [0.3, 0.4) is 0 Å². The van der Waals surface area contributed by atoms with Gasteiger partial charge in [-0.2, -0.15) is 0 Å². The molecule has 0 aliphatic rings. The highest BCUT2D eigenvalue weighted by Gasteiger charge is 2.16. The van der Waals surface area contributed by atoms with E-state index in [1.54, 1.807) is 0 Å². The second-order valence-electron chi connectivity index (χ2n) is 6.05. The number of carbonyl (C=O) groups is 1. The van der Waals surface area contributed by atoms with Gasteiger partial charge in [-0.3, -0.25) is 4.79 Å². The number of aryl methyl sites for hydroxylation is 2. The molecule has 112 valence electrons. The predicted molar refractivity (Wildman–Crippen MR) is 86.0 cm³/mol. The maximum Gasteiger partial charge on any atom is 0.316 e. The minimum atomic E-state index is -0.423. The molecule has 1 aromatic carbocycles. The van der Waals surface area contributed by atoms with Crippen molar-refractivity contribution in [3.63, 3.8) is 0 Å². The molecule has 0 fully saturated rings. The Hall–Kier alpha value is -1.00. The molecule has 4 heteroatoms. The van der Waals surface area contributed by atoms with E-state index in [4.69, 9.17) is 10.5 Å².